The number of aromatic nitrogens is 1. The fourth-order valence-electron chi connectivity index (χ4n) is 1.31. The first-order valence-electron chi connectivity index (χ1n) is 3.99. The Bertz CT molecular complexity index is 562. The van der Waals surface area contributed by atoms with Gasteiger partial charge in [-0.25, -0.2) is 4.98 Å². The number of primary amides is 1. The topological polar surface area (TPSA) is 93.3 Å². The molecule has 76 valence electrons. The van der Waals surface area contributed by atoms with Gasteiger partial charge in [0.25, 0.3) is 5.91 Å². The molecule has 0 aliphatic rings. The molecule has 1 amide bonds. The summed E-state index contributed by atoms with van der Waals surface area (Å²) in [5.74, 6) is -0.832. The summed E-state index contributed by atoms with van der Waals surface area (Å²) in [7, 11) is 0. The van der Waals surface area contributed by atoms with Crippen molar-refractivity contribution < 1.29 is 14.7 Å². The van der Waals surface area contributed by atoms with Crippen molar-refractivity contribution in [2.45, 2.75) is 0 Å². The summed E-state index contributed by atoms with van der Waals surface area (Å²) < 4.78 is 0.397. The lowest BCUT2D eigenvalue weighted by Gasteiger charge is -2.02. The molecule has 2 aromatic rings. The number of phenols is 1. The molecular formula is C9H6N2O3S. The normalized spacial score (nSPS) is 10.4. The van der Waals surface area contributed by atoms with E-state index < -0.39 is 5.91 Å². The van der Waals surface area contributed by atoms with Crippen LogP contribution in [0.15, 0.2) is 11.6 Å². The van der Waals surface area contributed by atoms with Crippen LogP contribution in [0.4, 0.5) is 0 Å². The number of nitrogens with two attached hydrogens (primary N) is 1. The number of carbonyl (C=O) groups excluding carboxylic acids is 2. The summed E-state index contributed by atoms with van der Waals surface area (Å²) in [4.78, 5) is 25.6. The number of aldehydes is 1. The number of rotatable bonds is 2. The van der Waals surface area contributed by atoms with Crippen LogP contribution in [0.25, 0.3) is 10.2 Å². The number of carbonyl (C=O) groups is 2. The minimum Gasteiger partial charge on any atom is -0.506 e. The number of amides is 1. The zero-order chi connectivity index (χ0) is 11.0. The molecule has 0 radical (unpaired) electrons. The highest BCUT2D eigenvalue weighted by Crippen LogP contribution is 2.32. The van der Waals surface area contributed by atoms with Crippen LogP contribution in [0.5, 0.6) is 5.75 Å². The van der Waals surface area contributed by atoms with Gasteiger partial charge in [-0.05, 0) is 6.07 Å². The van der Waals surface area contributed by atoms with Crippen LogP contribution in [0.1, 0.15) is 20.7 Å². The highest BCUT2D eigenvalue weighted by molar-refractivity contribution is 7.17. The third kappa shape index (κ3) is 1.35. The number of phenolic OH excluding ortho intramolecular Hbond substituents is 1. The van der Waals surface area contributed by atoms with Crippen LogP contribution in [0, 0.1) is 0 Å². The van der Waals surface area contributed by atoms with Crippen molar-refractivity contribution in [3.05, 3.63) is 22.7 Å². The maximum Gasteiger partial charge on any atom is 0.250 e. The number of aromatic hydroxyl groups is 1. The summed E-state index contributed by atoms with van der Waals surface area (Å²) in [5, 5.41) is 9.63. The van der Waals surface area contributed by atoms with E-state index in [2.05, 4.69) is 4.98 Å². The monoisotopic (exact) mass is 222 g/mol. The zero-order valence-electron chi connectivity index (χ0n) is 7.43. The molecule has 0 atom stereocenters. The van der Waals surface area contributed by atoms with Crippen LogP contribution in [-0.4, -0.2) is 22.3 Å². The molecule has 5 nitrogen and oxygen atoms in total. The largest absolute Gasteiger partial charge is 0.506 e. The molecule has 1 aromatic heterocycles. The SMILES string of the molecule is NC(=O)c1cc(C=O)c(O)c2scnc12. The number of hydrogen-bond acceptors (Lipinski definition) is 5. The molecule has 0 spiro atoms. The maximum atomic E-state index is 11.1. The van der Waals surface area contributed by atoms with Gasteiger partial charge < -0.3 is 10.8 Å². The predicted molar refractivity (Wildman–Crippen MR) is 55.2 cm³/mol. The van der Waals surface area contributed by atoms with Gasteiger partial charge in [-0.2, -0.15) is 0 Å². The Hall–Kier alpha value is -1.95. The summed E-state index contributed by atoms with van der Waals surface area (Å²) >= 11 is 1.15. The van der Waals surface area contributed by atoms with Gasteiger partial charge in [0, 0.05) is 0 Å². The average Bonchev–Trinajstić information content (AvgIpc) is 2.67. The van der Waals surface area contributed by atoms with E-state index >= 15 is 0 Å². The van der Waals surface area contributed by atoms with Crippen LogP contribution >= 0.6 is 11.3 Å². The van der Waals surface area contributed by atoms with Crippen molar-refractivity contribution >= 4 is 33.7 Å². The van der Waals surface area contributed by atoms with Crippen molar-refractivity contribution in [2.24, 2.45) is 5.73 Å². The Labute approximate surface area is 88.2 Å². The fraction of sp³-hybridized carbons (Fsp3) is 0. The van der Waals surface area contributed by atoms with Crippen molar-refractivity contribution in [1.82, 2.24) is 4.98 Å². The maximum absolute atomic E-state index is 11.1. The first-order chi connectivity index (χ1) is 7.15. The number of nitrogens with zero attached hydrogens (tertiary/aromatic N) is 1. The quantitative estimate of drug-likeness (QED) is 0.738. The van der Waals surface area contributed by atoms with Gasteiger partial charge in [0.2, 0.25) is 0 Å². The van der Waals surface area contributed by atoms with Gasteiger partial charge in [0.1, 0.15) is 5.75 Å². The highest BCUT2D eigenvalue weighted by atomic mass is 32.1. The van der Waals surface area contributed by atoms with E-state index in [1.165, 1.54) is 11.6 Å². The van der Waals surface area contributed by atoms with Gasteiger partial charge in [-0.1, -0.05) is 0 Å². The van der Waals surface area contributed by atoms with E-state index in [4.69, 9.17) is 5.73 Å². The van der Waals surface area contributed by atoms with Gasteiger partial charge >= 0.3 is 0 Å². The van der Waals surface area contributed by atoms with Gasteiger partial charge in [-0.15, -0.1) is 11.3 Å². The zero-order valence-corrected chi connectivity index (χ0v) is 8.25. The first kappa shape index (κ1) is 9.60. The predicted octanol–water partition coefficient (Wildman–Crippen LogP) is 0.913. The van der Waals surface area contributed by atoms with Gasteiger partial charge in [-0.3, -0.25) is 9.59 Å². The molecule has 2 rings (SSSR count). The second kappa shape index (κ2) is 3.32. The van der Waals surface area contributed by atoms with Gasteiger partial charge in [0.05, 0.1) is 26.9 Å². The molecule has 6 heteroatoms. The Kier molecular flexibility index (Phi) is 2.12. The minimum absolute atomic E-state index is 0.0422. The lowest BCUT2D eigenvalue weighted by atomic mass is 10.1. The third-order valence-corrected chi connectivity index (χ3v) is 2.84. The Morgan fingerprint density at radius 1 is 1.60 bits per heavy atom. The summed E-state index contributed by atoms with van der Waals surface area (Å²) in [5.41, 5.74) is 7.13. The summed E-state index contributed by atoms with van der Waals surface area (Å²) in [6.07, 6.45) is 0.473. The molecule has 1 aromatic carbocycles. The van der Waals surface area contributed by atoms with Crippen LogP contribution in [0.2, 0.25) is 0 Å². The minimum atomic E-state index is -0.672. The molecule has 3 N–H and O–H groups in total. The van der Waals surface area contributed by atoms with E-state index in [0.717, 1.165) is 11.3 Å². The molecule has 0 saturated carbocycles. The third-order valence-electron chi connectivity index (χ3n) is 2.00. The van der Waals surface area contributed by atoms with E-state index in [-0.39, 0.29) is 16.9 Å². The Morgan fingerprint density at radius 2 is 2.33 bits per heavy atom. The summed E-state index contributed by atoms with van der Waals surface area (Å²) in [6.45, 7) is 0. The molecule has 0 fully saturated rings. The van der Waals surface area contributed by atoms with Crippen LogP contribution < -0.4 is 5.73 Å². The number of benzene rings is 1. The standard InChI is InChI=1S/C9H6N2O3S/c10-9(14)5-1-4(2-12)7(13)8-6(5)11-3-15-8/h1-3,13H,(H2,10,14). The molecule has 0 saturated heterocycles. The van der Waals surface area contributed by atoms with Crippen LogP contribution in [-0.2, 0) is 0 Å². The van der Waals surface area contributed by atoms with E-state index in [0.29, 0.717) is 16.5 Å². The van der Waals surface area contributed by atoms with E-state index in [1.807, 2.05) is 0 Å². The second-order valence-electron chi connectivity index (χ2n) is 2.87. The second-order valence-corrected chi connectivity index (χ2v) is 3.73. The fourth-order valence-corrected chi connectivity index (χ4v) is 2.07. The molecule has 0 bridgehead atoms. The van der Waals surface area contributed by atoms with Crippen molar-refractivity contribution in [1.29, 1.82) is 0 Å². The first-order valence-corrected chi connectivity index (χ1v) is 4.87. The van der Waals surface area contributed by atoms with Crippen molar-refractivity contribution in [3.63, 3.8) is 0 Å². The van der Waals surface area contributed by atoms with Crippen molar-refractivity contribution in [3.8, 4) is 5.75 Å². The molecule has 1 heterocycles. The van der Waals surface area contributed by atoms with Crippen LogP contribution in [0.3, 0.4) is 0 Å². The number of thiazole rings is 1. The van der Waals surface area contributed by atoms with Crippen molar-refractivity contribution in [2.75, 3.05) is 0 Å². The molecule has 0 aliphatic heterocycles. The van der Waals surface area contributed by atoms with Gasteiger partial charge in [0.15, 0.2) is 6.29 Å². The lowest BCUT2D eigenvalue weighted by molar-refractivity contribution is 0.100. The Balaban J connectivity index is 2.91. The molecule has 0 unspecified atom stereocenters. The summed E-state index contributed by atoms with van der Waals surface area (Å²) in [6, 6.07) is 1.24. The smallest absolute Gasteiger partial charge is 0.250 e. The Morgan fingerprint density at radius 3 is 2.93 bits per heavy atom. The highest BCUT2D eigenvalue weighted by Gasteiger charge is 2.16. The van der Waals surface area contributed by atoms with E-state index in [9.17, 15) is 14.7 Å². The average molecular weight is 222 g/mol. The molecule has 0 aliphatic carbocycles. The number of hydrogen-bond donors (Lipinski definition) is 2. The number of fused-ring (bicyclic) bond motifs is 1. The molecule has 15 heavy (non-hydrogen) atoms. The van der Waals surface area contributed by atoms with E-state index in [1.54, 1.807) is 0 Å². The lowest BCUT2D eigenvalue weighted by Crippen LogP contribution is -2.12. The molecular weight excluding hydrogens is 216 g/mol.